The first-order valence-corrected chi connectivity index (χ1v) is 6.33. The highest BCUT2D eigenvalue weighted by atomic mass is 32.2. The van der Waals surface area contributed by atoms with Gasteiger partial charge in [0.2, 0.25) is 0 Å². The van der Waals surface area contributed by atoms with Crippen LogP contribution in [0.5, 0.6) is 0 Å². The van der Waals surface area contributed by atoms with Crippen molar-refractivity contribution in [3.63, 3.8) is 0 Å². The lowest BCUT2D eigenvalue weighted by Crippen LogP contribution is -2.28. The van der Waals surface area contributed by atoms with E-state index in [0.29, 0.717) is 11.3 Å². The third-order valence-corrected chi connectivity index (χ3v) is 4.25. The van der Waals surface area contributed by atoms with Crippen molar-refractivity contribution >= 4 is 21.5 Å². The van der Waals surface area contributed by atoms with Gasteiger partial charge in [0.25, 0.3) is 0 Å². The average molecular weight is 243 g/mol. The first kappa shape index (κ1) is 12.5. The van der Waals surface area contributed by atoms with Gasteiger partial charge in [-0.1, -0.05) is 12.1 Å². The number of carboxylic acid groups (broad SMARTS) is 1. The van der Waals surface area contributed by atoms with Crippen molar-refractivity contribution in [2.75, 3.05) is 5.73 Å². The number of hydrogen-bond acceptors (Lipinski definition) is 4. The van der Waals surface area contributed by atoms with E-state index in [4.69, 9.17) is 10.8 Å². The minimum atomic E-state index is -3.67. The number of benzene rings is 1. The number of rotatable bonds is 4. The van der Waals surface area contributed by atoms with Crippen molar-refractivity contribution in [1.82, 2.24) is 0 Å². The standard InChI is InChI=1S/C10H13NO4S/c1-7(10(12)13)16(14,15)6-8-2-4-9(11)5-3-8/h2-5,7H,6,11H2,1H3,(H,12,13). The van der Waals surface area contributed by atoms with E-state index in [1.54, 1.807) is 24.3 Å². The van der Waals surface area contributed by atoms with Crippen LogP contribution >= 0.6 is 0 Å². The smallest absolute Gasteiger partial charge is 0.321 e. The van der Waals surface area contributed by atoms with Crippen LogP contribution in [0.2, 0.25) is 0 Å². The molecule has 0 spiro atoms. The summed E-state index contributed by atoms with van der Waals surface area (Å²) in [7, 11) is -3.67. The summed E-state index contributed by atoms with van der Waals surface area (Å²) in [5, 5.41) is 7.24. The first-order valence-electron chi connectivity index (χ1n) is 4.62. The highest BCUT2D eigenvalue weighted by molar-refractivity contribution is 7.91. The van der Waals surface area contributed by atoms with Crippen molar-refractivity contribution in [2.24, 2.45) is 0 Å². The number of carboxylic acids is 1. The predicted molar refractivity (Wildman–Crippen MR) is 60.6 cm³/mol. The Morgan fingerprint density at radius 3 is 2.31 bits per heavy atom. The number of nitrogen functional groups attached to an aromatic ring is 1. The molecule has 0 aromatic heterocycles. The molecule has 0 aliphatic rings. The summed E-state index contributed by atoms with van der Waals surface area (Å²) in [4.78, 5) is 10.6. The average Bonchev–Trinajstić information content (AvgIpc) is 2.20. The Hall–Kier alpha value is -1.56. The highest BCUT2D eigenvalue weighted by Gasteiger charge is 2.27. The zero-order valence-corrected chi connectivity index (χ0v) is 9.57. The second kappa shape index (κ2) is 4.52. The highest BCUT2D eigenvalue weighted by Crippen LogP contribution is 2.13. The summed E-state index contributed by atoms with van der Waals surface area (Å²) in [6.07, 6.45) is 0. The van der Waals surface area contributed by atoms with Crippen LogP contribution in [0.4, 0.5) is 5.69 Å². The molecule has 0 bridgehead atoms. The van der Waals surface area contributed by atoms with E-state index in [9.17, 15) is 13.2 Å². The van der Waals surface area contributed by atoms with E-state index in [0.717, 1.165) is 6.92 Å². The summed E-state index contributed by atoms with van der Waals surface area (Å²) in [5.41, 5.74) is 6.52. The largest absolute Gasteiger partial charge is 0.480 e. The van der Waals surface area contributed by atoms with Gasteiger partial charge in [-0.25, -0.2) is 8.42 Å². The van der Waals surface area contributed by atoms with E-state index in [2.05, 4.69) is 0 Å². The van der Waals surface area contributed by atoms with Gasteiger partial charge in [-0.05, 0) is 24.6 Å². The summed E-state index contributed by atoms with van der Waals surface area (Å²) < 4.78 is 23.2. The van der Waals surface area contributed by atoms with Crippen LogP contribution in [-0.2, 0) is 20.4 Å². The second-order valence-corrected chi connectivity index (χ2v) is 5.85. The predicted octanol–water partition coefficient (Wildman–Crippen LogP) is 0.657. The van der Waals surface area contributed by atoms with Crippen molar-refractivity contribution in [3.8, 4) is 0 Å². The molecule has 0 heterocycles. The Kier molecular flexibility index (Phi) is 3.54. The molecule has 1 rings (SSSR count). The Labute approximate surface area is 93.8 Å². The van der Waals surface area contributed by atoms with Crippen LogP contribution in [-0.4, -0.2) is 24.7 Å². The topological polar surface area (TPSA) is 97.5 Å². The molecule has 1 aromatic carbocycles. The minimum Gasteiger partial charge on any atom is -0.480 e. The van der Waals surface area contributed by atoms with Gasteiger partial charge >= 0.3 is 5.97 Å². The normalized spacial score (nSPS) is 13.3. The zero-order chi connectivity index (χ0) is 12.3. The summed E-state index contributed by atoms with van der Waals surface area (Å²) >= 11 is 0. The minimum absolute atomic E-state index is 0.291. The molecule has 1 atom stereocenters. The van der Waals surface area contributed by atoms with Gasteiger partial charge in [0.1, 0.15) is 0 Å². The molecule has 16 heavy (non-hydrogen) atoms. The van der Waals surface area contributed by atoms with Gasteiger partial charge in [0.05, 0.1) is 5.75 Å². The molecule has 0 radical (unpaired) electrons. The lowest BCUT2D eigenvalue weighted by Gasteiger charge is -2.08. The molecule has 88 valence electrons. The lowest BCUT2D eigenvalue weighted by atomic mass is 10.2. The SMILES string of the molecule is CC(C(=O)O)S(=O)(=O)Cc1ccc(N)cc1. The number of aliphatic carboxylic acids is 1. The Balaban J connectivity index is 2.89. The van der Waals surface area contributed by atoms with Crippen molar-refractivity contribution < 1.29 is 18.3 Å². The fourth-order valence-electron chi connectivity index (χ4n) is 1.12. The fraction of sp³-hybridized carbons (Fsp3) is 0.300. The molecule has 6 heteroatoms. The van der Waals surface area contributed by atoms with E-state index >= 15 is 0 Å². The van der Waals surface area contributed by atoms with Gasteiger partial charge < -0.3 is 10.8 Å². The van der Waals surface area contributed by atoms with Crippen molar-refractivity contribution in [3.05, 3.63) is 29.8 Å². The molecule has 0 aliphatic carbocycles. The van der Waals surface area contributed by atoms with Crippen LogP contribution in [0.25, 0.3) is 0 Å². The van der Waals surface area contributed by atoms with E-state index < -0.39 is 21.1 Å². The van der Waals surface area contributed by atoms with E-state index in [1.807, 2.05) is 0 Å². The molecule has 5 nitrogen and oxygen atoms in total. The second-order valence-electron chi connectivity index (χ2n) is 3.53. The maximum absolute atomic E-state index is 11.6. The third-order valence-electron chi connectivity index (χ3n) is 2.23. The number of nitrogens with two attached hydrogens (primary N) is 1. The molecule has 0 saturated heterocycles. The quantitative estimate of drug-likeness (QED) is 0.757. The molecular weight excluding hydrogens is 230 g/mol. The van der Waals surface area contributed by atoms with Crippen molar-refractivity contribution in [1.29, 1.82) is 0 Å². The molecule has 0 fully saturated rings. The molecular formula is C10H13NO4S. The Morgan fingerprint density at radius 1 is 1.38 bits per heavy atom. The Morgan fingerprint density at radius 2 is 1.88 bits per heavy atom. The molecule has 1 unspecified atom stereocenters. The van der Waals surface area contributed by atoms with Crippen LogP contribution in [0.3, 0.4) is 0 Å². The lowest BCUT2D eigenvalue weighted by molar-refractivity contribution is -0.136. The van der Waals surface area contributed by atoms with Crippen molar-refractivity contribution in [2.45, 2.75) is 17.9 Å². The molecule has 1 aromatic rings. The number of carbonyl (C=O) groups is 1. The van der Waals surface area contributed by atoms with E-state index in [1.165, 1.54) is 0 Å². The molecule has 0 saturated carbocycles. The summed E-state index contributed by atoms with van der Waals surface area (Å²) in [5.74, 6) is -1.63. The van der Waals surface area contributed by atoms with Gasteiger partial charge in [-0.15, -0.1) is 0 Å². The number of anilines is 1. The van der Waals surface area contributed by atoms with Gasteiger partial charge in [0.15, 0.2) is 15.1 Å². The zero-order valence-electron chi connectivity index (χ0n) is 8.75. The number of hydrogen-bond donors (Lipinski definition) is 2. The van der Waals surface area contributed by atoms with E-state index in [-0.39, 0.29) is 5.75 Å². The van der Waals surface area contributed by atoms with Crippen LogP contribution in [0, 0.1) is 0 Å². The van der Waals surface area contributed by atoms with Gasteiger partial charge in [-0.3, -0.25) is 4.79 Å². The van der Waals surface area contributed by atoms with Gasteiger partial charge in [0, 0.05) is 5.69 Å². The first-order chi connectivity index (χ1) is 7.33. The Bertz CT molecular complexity index is 478. The van der Waals surface area contributed by atoms with Gasteiger partial charge in [-0.2, -0.15) is 0 Å². The monoisotopic (exact) mass is 243 g/mol. The summed E-state index contributed by atoms with van der Waals surface area (Å²) in [6.45, 7) is 1.16. The molecule has 0 aliphatic heterocycles. The van der Waals surface area contributed by atoms with Crippen LogP contribution in [0.1, 0.15) is 12.5 Å². The molecule has 0 amide bonds. The maximum atomic E-state index is 11.6. The van der Waals surface area contributed by atoms with Crippen LogP contribution in [0.15, 0.2) is 24.3 Å². The maximum Gasteiger partial charge on any atom is 0.321 e. The summed E-state index contributed by atoms with van der Waals surface area (Å²) in [6, 6.07) is 6.30. The number of sulfone groups is 1. The molecule has 3 N–H and O–H groups in total. The third kappa shape index (κ3) is 2.96. The van der Waals surface area contributed by atoms with Crippen LogP contribution < -0.4 is 5.73 Å². The fourth-order valence-corrected chi connectivity index (χ4v) is 2.34.